The number of rotatable bonds is 3. The van der Waals surface area contributed by atoms with Gasteiger partial charge in [0.05, 0.1) is 21.3 Å². The normalized spacial score (nSPS) is 15.9. The standard InChI is InChI=1S/C17H19N3O4S/c1-11(16(22)20-7-5-19(6-8-20)12(2)21)24-17(23)13-3-4-14-15(9-13)25-10-18-14/h3-4,9-11H,5-8H2,1-2H3/t11-/m0/s1. The Morgan fingerprint density at radius 2 is 1.84 bits per heavy atom. The summed E-state index contributed by atoms with van der Waals surface area (Å²) in [6.45, 7) is 5.00. The molecule has 1 fully saturated rings. The lowest BCUT2D eigenvalue weighted by atomic mass is 10.2. The average molecular weight is 361 g/mol. The number of fused-ring (bicyclic) bond motifs is 1. The maximum absolute atomic E-state index is 12.4. The third-order valence-corrected chi connectivity index (χ3v) is 5.03. The molecular weight excluding hydrogens is 342 g/mol. The second-order valence-electron chi connectivity index (χ2n) is 5.91. The smallest absolute Gasteiger partial charge is 0.338 e. The number of aromatic nitrogens is 1. The molecule has 2 heterocycles. The van der Waals surface area contributed by atoms with Crippen molar-refractivity contribution in [1.82, 2.24) is 14.8 Å². The SMILES string of the molecule is CC(=O)N1CCN(C(=O)[C@H](C)OC(=O)c2ccc3ncsc3c2)CC1. The molecule has 1 atom stereocenters. The number of hydrogen-bond acceptors (Lipinski definition) is 6. The summed E-state index contributed by atoms with van der Waals surface area (Å²) in [4.78, 5) is 43.6. The second-order valence-corrected chi connectivity index (χ2v) is 6.80. The Morgan fingerprint density at radius 3 is 2.52 bits per heavy atom. The summed E-state index contributed by atoms with van der Waals surface area (Å²) in [6, 6.07) is 5.13. The molecule has 1 aliphatic rings. The van der Waals surface area contributed by atoms with Crippen molar-refractivity contribution in [3.63, 3.8) is 0 Å². The van der Waals surface area contributed by atoms with E-state index in [9.17, 15) is 14.4 Å². The van der Waals surface area contributed by atoms with Crippen molar-refractivity contribution < 1.29 is 19.1 Å². The van der Waals surface area contributed by atoms with Gasteiger partial charge in [-0.1, -0.05) is 0 Å². The number of thiazole rings is 1. The largest absolute Gasteiger partial charge is 0.449 e. The maximum atomic E-state index is 12.4. The number of carbonyl (C=O) groups is 3. The molecular formula is C17H19N3O4S. The monoisotopic (exact) mass is 361 g/mol. The van der Waals surface area contributed by atoms with Gasteiger partial charge in [-0.05, 0) is 25.1 Å². The number of ether oxygens (including phenoxy) is 1. The van der Waals surface area contributed by atoms with Crippen molar-refractivity contribution in [1.29, 1.82) is 0 Å². The van der Waals surface area contributed by atoms with E-state index in [1.54, 1.807) is 40.4 Å². The van der Waals surface area contributed by atoms with Crippen molar-refractivity contribution in [2.45, 2.75) is 20.0 Å². The predicted molar refractivity (Wildman–Crippen MR) is 93.3 cm³/mol. The first-order chi connectivity index (χ1) is 12.0. The highest BCUT2D eigenvalue weighted by molar-refractivity contribution is 7.16. The number of benzene rings is 1. The van der Waals surface area contributed by atoms with Crippen LogP contribution in [0.2, 0.25) is 0 Å². The molecule has 1 aromatic carbocycles. The van der Waals surface area contributed by atoms with Crippen LogP contribution in [0, 0.1) is 0 Å². The number of esters is 1. The van der Waals surface area contributed by atoms with Crippen molar-refractivity contribution in [3.05, 3.63) is 29.3 Å². The molecule has 0 radical (unpaired) electrons. The Labute approximate surface area is 149 Å². The summed E-state index contributed by atoms with van der Waals surface area (Å²) in [5.41, 5.74) is 2.94. The third-order valence-electron chi connectivity index (χ3n) is 4.24. The molecule has 0 unspecified atom stereocenters. The van der Waals surface area contributed by atoms with Gasteiger partial charge < -0.3 is 14.5 Å². The van der Waals surface area contributed by atoms with Gasteiger partial charge in [-0.3, -0.25) is 9.59 Å². The molecule has 0 bridgehead atoms. The van der Waals surface area contributed by atoms with Crippen LogP contribution in [0.25, 0.3) is 10.2 Å². The van der Waals surface area contributed by atoms with E-state index in [1.165, 1.54) is 18.3 Å². The van der Waals surface area contributed by atoms with E-state index >= 15 is 0 Å². The summed E-state index contributed by atoms with van der Waals surface area (Å²) in [5.74, 6) is -0.765. The first-order valence-corrected chi connectivity index (χ1v) is 8.92. The molecule has 0 saturated carbocycles. The molecule has 8 heteroatoms. The van der Waals surface area contributed by atoms with Crippen LogP contribution < -0.4 is 0 Å². The highest BCUT2D eigenvalue weighted by Gasteiger charge is 2.28. The van der Waals surface area contributed by atoms with Crippen LogP contribution in [0.1, 0.15) is 24.2 Å². The van der Waals surface area contributed by atoms with Crippen molar-refractivity contribution in [3.8, 4) is 0 Å². The number of hydrogen-bond donors (Lipinski definition) is 0. The van der Waals surface area contributed by atoms with Crippen LogP contribution in [0.5, 0.6) is 0 Å². The van der Waals surface area contributed by atoms with Crippen LogP contribution in [0.3, 0.4) is 0 Å². The van der Waals surface area contributed by atoms with E-state index in [0.29, 0.717) is 31.7 Å². The summed E-state index contributed by atoms with van der Waals surface area (Å²) in [7, 11) is 0. The maximum Gasteiger partial charge on any atom is 0.338 e. The second kappa shape index (κ2) is 7.18. The van der Waals surface area contributed by atoms with Crippen LogP contribution in [0.15, 0.2) is 23.7 Å². The van der Waals surface area contributed by atoms with E-state index in [1.807, 2.05) is 0 Å². The molecule has 25 heavy (non-hydrogen) atoms. The average Bonchev–Trinajstić information content (AvgIpc) is 3.08. The topological polar surface area (TPSA) is 79.8 Å². The van der Waals surface area contributed by atoms with Gasteiger partial charge in [-0.2, -0.15) is 0 Å². The Balaban J connectivity index is 1.59. The summed E-state index contributed by atoms with van der Waals surface area (Å²) in [5, 5.41) is 0. The molecule has 0 N–H and O–H groups in total. The van der Waals surface area contributed by atoms with Gasteiger partial charge >= 0.3 is 5.97 Å². The van der Waals surface area contributed by atoms with E-state index in [4.69, 9.17) is 4.74 Å². The Bertz CT molecular complexity index is 811. The van der Waals surface area contributed by atoms with Gasteiger partial charge in [0.1, 0.15) is 0 Å². The number of carbonyl (C=O) groups excluding carboxylic acids is 3. The van der Waals surface area contributed by atoms with Gasteiger partial charge in [0.25, 0.3) is 5.91 Å². The quantitative estimate of drug-likeness (QED) is 0.775. The highest BCUT2D eigenvalue weighted by Crippen LogP contribution is 2.20. The molecule has 1 saturated heterocycles. The summed E-state index contributed by atoms with van der Waals surface area (Å²) >= 11 is 1.44. The van der Waals surface area contributed by atoms with Gasteiger partial charge in [0.2, 0.25) is 5.91 Å². The molecule has 1 aliphatic heterocycles. The van der Waals surface area contributed by atoms with E-state index in [0.717, 1.165) is 10.2 Å². The fraction of sp³-hybridized carbons (Fsp3) is 0.412. The van der Waals surface area contributed by atoms with Crippen molar-refractivity contribution in [2.75, 3.05) is 26.2 Å². The molecule has 2 amide bonds. The van der Waals surface area contributed by atoms with Crippen LogP contribution in [-0.4, -0.2) is 64.9 Å². The fourth-order valence-corrected chi connectivity index (χ4v) is 3.48. The third kappa shape index (κ3) is 3.79. The minimum Gasteiger partial charge on any atom is -0.449 e. The van der Waals surface area contributed by atoms with Gasteiger partial charge in [-0.25, -0.2) is 9.78 Å². The Morgan fingerprint density at radius 1 is 1.16 bits per heavy atom. The van der Waals surface area contributed by atoms with Crippen LogP contribution in [0.4, 0.5) is 0 Å². The van der Waals surface area contributed by atoms with Crippen LogP contribution >= 0.6 is 11.3 Å². The summed E-state index contributed by atoms with van der Waals surface area (Å²) in [6.07, 6.45) is -0.867. The molecule has 0 spiro atoms. The Hall–Kier alpha value is -2.48. The van der Waals surface area contributed by atoms with E-state index in [-0.39, 0.29) is 11.8 Å². The molecule has 132 valence electrons. The number of amides is 2. The molecule has 1 aromatic heterocycles. The van der Waals surface area contributed by atoms with Crippen molar-refractivity contribution in [2.24, 2.45) is 0 Å². The zero-order chi connectivity index (χ0) is 18.0. The highest BCUT2D eigenvalue weighted by atomic mass is 32.1. The molecule has 0 aliphatic carbocycles. The van der Waals surface area contributed by atoms with E-state index in [2.05, 4.69) is 4.98 Å². The number of nitrogens with zero attached hydrogens (tertiary/aromatic N) is 3. The molecule has 3 rings (SSSR count). The molecule has 7 nitrogen and oxygen atoms in total. The summed E-state index contributed by atoms with van der Waals surface area (Å²) < 4.78 is 6.22. The molecule has 2 aromatic rings. The van der Waals surface area contributed by atoms with Gasteiger partial charge in [-0.15, -0.1) is 11.3 Å². The van der Waals surface area contributed by atoms with Crippen molar-refractivity contribution >= 4 is 39.3 Å². The van der Waals surface area contributed by atoms with Crippen LogP contribution in [-0.2, 0) is 14.3 Å². The van der Waals surface area contributed by atoms with E-state index < -0.39 is 12.1 Å². The zero-order valence-corrected chi connectivity index (χ0v) is 14.9. The lowest BCUT2D eigenvalue weighted by Crippen LogP contribution is -2.52. The minimum atomic E-state index is -0.867. The Kier molecular flexibility index (Phi) is 4.98. The van der Waals surface area contributed by atoms with Gasteiger partial charge in [0, 0.05) is 33.1 Å². The lowest BCUT2D eigenvalue weighted by molar-refractivity contribution is -0.144. The van der Waals surface area contributed by atoms with Gasteiger partial charge in [0.15, 0.2) is 6.10 Å². The predicted octanol–water partition coefficient (Wildman–Crippen LogP) is 1.53. The fourth-order valence-electron chi connectivity index (χ4n) is 2.76. The lowest BCUT2D eigenvalue weighted by Gasteiger charge is -2.35. The first kappa shape index (κ1) is 17.3. The zero-order valence-electron chi connectivity index (χ0n) is 14.1. The minimum absolute atomic E-state index is 0.00466. The number of piperazine rings is 1. The first-order valence-electron chi connectivity index (χ1n) is 8.04.